The van der Waals surface area contributed by atoms with Gasteiger partial charge in [0.25, 0.3) is 0 Å². The van der Waals surface area contributed by atoms with E-state index >= 15 is 0 Å². The summed E-state index contributed by atoms with van der Waals surface area (Å²) in [5, 5.41) is 19.3. The highest BCUT2D eigenvalue weighted by Crippen LogP contribution is 1.88. The number of aliphatic hydroxyl groups is 1. The van der Waals surface area contributed by atoms with Crippen LogP contribution in [0.25, 0.3) is 0 Å². The molecule has 0 rings (SSSR count). The summed E-state index contributed by atoms with van der Waals surface area (Å²) in [7, 11) is 0. The molecule has 5 heteroatoms. The van der Waals surface area contributed by atoms with Gasteiger partial charge in [0.2, 0.25) is 5.91 Å². The summed E-state index contributed by atoms with van der Waals surface area (Å²) in [5.41, 5.74) is 0. The fourth-order valence-corrected chi connectivity index (χ4v) is 0.535. The second-order valence-electron chi connectivity index (χ2n) is 2.19. The summed E-state index contributed by atoms with van der Waals surface area (Å²) in [5.74, 6) is -1.36. The van der Waals surface area contributed by atoms with Crippen molar-refractivity contribution in [2.45, 2.75) is 19.4 Å². The fourth-order valence-electron chi connectivity index (χ4n) is 0.535. The van der Waals surface area contributed by atoms with Gasteiger partial charge in [-0.05, 0) is 0 Å². The predicted octanol–water partition coefficient (Wildman–Crippen LogP) is -1.04. The average molecular weight is 161 g/mol. The van der Waals surface area contributed by atoms with Crippen molar-refractivity contribution in [3.8, 4) is 0 Å². The normalized spacial score (nSPS) is 12.2. The number of hydrogen-bond acceptors (Lipinski definition) is 3. The number of aliphatic hydroxyl groups excluding tert-OH is 1. The first-order valence-corrected chi connectivity index (χ1v) is 3.16. The van der Waals surface area contributed by atoms with E-state index in [1.807, 2.05) is 0 Å². The van der Waals surface area contributed by atoms with Crippen LogP contribution in [-0.2, 0) is 9.59 Å². The zero-order valence-corrected chi connectivity index (χ0v) is 6.20. The Balaban J connectivity index is 3.44. The van der Waals surface area contributed by atoms with Crippen molar-refractivity contribution in [3.05, 3.63) is 0 Å². The van der Waals surface area contributed by atoms with Crippen LogP contribution in [0.15, 0.2) is 0 Å². The maximum Gasteiger partial charge on any atom is 0.306 e. The monoisotopic (exact) mass is 161 g/mol. The highest BCUT2D eigenvalue weighted by Gasteiger charge is 2.08. The molecule has 1 amide bonds. The van der Waals surface area contributed by atoms with Gasteiger partial charge in [0.15, 0.2) is 0 Å². The molecule has 0 heterocycles. The number of carbonyl (C=O) groups excluding carboxylic acids is 1. The highest BCUT2D eigenvalue weighted by molar-refractivity contribution is 5.73. The molecule has 0 radical (unpaired) electrons. The van der Waals surface area contributed by atoms with E-state index in [0.717, 1.165) is 0 Å². The summed E-state index contributed by atoms with van der Waals surface area (Å²) in [6, 6.07) is 0. The minimum atomic E-state index is -1.08. The number of amides is 1. The van der Waals surface area contributed by atoms with Gasteiger partial charge < -0.3 is 15.5 Å². The lowest BCUT2D eigenvalue weighted by Crippen LogP contribution is -2.31. The molecule has 0 unspecified atom stereocenters. The van der Waals surface area contributed by atoms with Crippen LogP contribution in [0.5, 0.6) is 0 Å². The first kappa shape index (κ1) is 9.90. The topological polar surface area (TPSA) is 86.6 Å². The summed E-state index contributed by atoms with van der Waals surface area (Å²) in [6.45, 7) is 1.29. The molecule has 0 bridgehead atoms. The first-order valence-electron chi connectivity index (χ1n) is 3.16. The molecule has 11 heavy (non-hydrogen) atoms. The molecule has 0 aliphatic rings. The molecule has 0 saturated heterocycles. The molecule has 1 atom stereocenters. The average Bonchev–Trinajstić information content (AvgIpc) is 1.82. The van der Waals surface area contributed by atoms with Gasteiger partial charge in [0, 0.05) is 13.5 Å². The van der Waals surface area contributed by atoms with E-state index in [2.05, 4.69) is 5.32 Å². The molecule has 5 nitrogen and oxygen atoms in total. The van der Waals surface area contributed by atoms with Crippen LogP contribution in [0.3, 0.4) is 0 Å². The highest BCUT2D eigenvalue weighted by atomic mass is 16.4. The molecule has 0 aromatic carbocycles. The molecular weight excluding hydrogens is 150 g/mol. The smallest absolute Gasteiger partial charge is 0.306 e. The number of aliphatic carboxylic acids is 1. The maximum atomic E-state index is 10.3. The van der Waals surface area contributed by atoms with Crippen LogP contribution >= 0.6 is 0 Å². The van der Waals surface area contributed by atoms with Crippen molar-refractivity contribution in [3.63, 3.8) is 0 Å². The molecular formula is C6H11NO4. The van der Waals surface area contributed by atoms with E-state index in [-0.39, 0.29) is 18.9 Å². The minimum absolute atomic E-state index is 0.0123. The Labute approximate surface area is 64.0 Å². The Hall–Kier alpha value is -1.10. The van der Waals surface area contributed by atoms with Crippen LogP contribution in [0.4, 0.5) is 0 Å². The molecule has 0 spiro atoms. The van der Waals surface area contributed by atoms with Crippen LogP contribution in [0, 0.1) is 0 Å². The van der Waals surface area contributed by atoms with Gasteiger partial charge in [0.05, 0.1) is 12.5 Å². The predicted molar refractivity (Wildman–Crippen MR) is 36.9 cm³/mol. The van der Waals surface area contributed by atoms with Crippen molar-refractivity contribution in [1.82, 2.24) is 5.32 Å². The zero-order valence-electron chi connectivity index (χ0n) is 6.20. The molecule has 0 aliphatic heterocycles. The standard InChI is InChI=1S/C6H11NO4/c1-4(8)7-3-5(9)2-6(10)11/h5,9H,2-3H2,1H3,(H,7,8)(H,10,11)/t5-/m0/s1. The molecule has 0 aromatic rings. The number of hydrogen-bond donors (Lipinski definition) is 3. The number of rotatable bonds is 4. The summed E-state index contributed by atoms with van der Waals surface area (Å²) < 4.78 is 0. The van der Waals surface area contributed by atoms with Crippen molar-refractivity contribution in [2.24, 2.45) is 0 Å². The summed E-state index contributed by atoms with van der Waals surface area (Å²) in [6.07, 6.45) is -1.35. The third-order valence-electron chi connectivity index (χ3n) is 0.997. The lowest BCUT2D eigenvalue weighted by atomic mass is 10.2. The van der Waals surface area contributed by atoms with Gasteiger partial charge in [-0.2, -0.15) is 0 Å². The lowest BCUT2D eigenvalue weighted by Gasteiger charge is -2.06. The molecule has 64 valence electrons. The molecule has 0 aliphatic carbocycles. The van der Waals surface area contributed by atoms with E-state index < -0.39 is 12.1 Å². The Kier molecular flexibility index (Phi) is 4.21. The van der Waals surface area contributed by atoms with E-state index in [9.17, 15) is 9.59 Å². The van der Waals surface area contributed by atoms with Crippen molar-refractivity contribution in [1.29, 1.82) is 0 Å². The third-order valence-corrected chi connectivity index (χ3v) is 0.997. The SMILES string of the molecule is CC(=O)NC[C@@H](O)CC(=O)O. The Bertz CT molecular complexity index is 157. The summed E-state index contributed by atoms with van der Waals surface area (Å²) in [4.78, 5) is 20.2. The van der Waals surface area contributed by atoms with Crippen LogP contribution < -0.4 is 5.32 Å². The van der Waals surface area contributed by atoms with E-state index in [0.29, 0.717) is 0 Å². The Morgan fingerprint density at radius 1 is 1.55 bits per heavy atom. The van der Waals surface area contributed by atoms with Crippen molar-refractivity contribution in [2.75, 3.05) is 6.54 Å². The van der Waals surface area contributed by atoms with Gasteiger partial charge >= 0.3 is 5.97 Å². The number of carboxylic acid groups (broad SMARTS) is 1. The summed E-state index contributed by atoms with van der Waals surface area (Å²) >= 11 is 0. The van der Waals surface area contributed by atoms with Gasteiger partial charge in [-0.15, -0.1) is 0 Å². The second-order valence-corrected chi connectivity index (χ2v) is 2.19. The third kappa shape index (κ3) is 6.79. The van der Waals surface area contributed by atoms with Crippen molar-refractivity contribution >= 4 is 11.9 Å². The van der Waals surface area contributed by atoms with Crippen LogP contribution in [0.2, 0.25) is 0 Å². The molecule has 0 fully saturated rings. The first-order chi connectivity index (χ1) is 5.02. The Morgan fingerprint density at radius 2 is 2.09 bits per heavy atom. The van der Waals surface area contributed by atoms with Crippen LogP contribution in [-0.4, -0.2) is 34.7 Å². The molecule has 0 aromatic heterocycles. The van der Waals surface area contributed by atoms with Crippen molar-refractivity contribution < 1.29 is 19.8 Å². The Morgan fingerprint density at radius 3 is 2.45 bits per heavy atom. The zero-order chi connectivity index (χ0) is 8.85. The molecule has 0 saturated carbocycles. The number of carbonyl (C=O) groups is 2. The van der Waals surface area contributed by atoms with E-state index in [4.69, 9.17) is 10.2 Å². The molecule has 3 N–H and O–H groups in total. The second kappa shape index (κ2) is 4.68. The number of nitrogens with one attached hydrogen (secondary N) is 1. The van der Waals surface area contributed by atoms with E-state index in [1.54, 1.807) is 0 Å². The minimum Gasteiger partial charge on any atom is -0.481 e. The quantitative estimate of drug-likeness (QED) is 0.491. The van der Waals surface area contributed by atoms with E-state index in [1.165, 1.54) is 6.92 Å². The van der Waals surface area contributed by atoms with Gasteiger partial charge in [0.1, 0.15) is 0 Å². The van der Waals surface area contributed by atoms with Gasteiger partial charge in [-0.3, -0.25) is 9.59 Å². The largest absolute Gasteiger partial charge is 0.481 e. The van der Waals surface area contributed by atoms with Crippen LogP contribution in [0.1, 0.15) is 13.3 Å². The maximum absolute atomic E-state index is 10.3. The van der Waals surface area contributed by atoms with Gasteiger partial charge in [-0.1, -0.05) is 0 Å². The number of carboxylic acids is 1. The fraction of sp³-hybridized carbons (Fsp3) is 0.667. The lowest BCUT2D eigenvalue weighted by molar-refractivity contribution is -0.139. The van der Waals surface area contributed by atoms with Gasteiger partial charge in [-0.25, -0.2) is 0 Å².